The Morgan fingerprint density at radius 1 is 1.47 bits per heavy atom. The maximum atomic E-state index is 11.0. The maximum absolute atomic E-state index is 11.0. The molecule has 0 aromatic heterocycles. The molecule has 94 valence electrons. The Morgan fingerprint density at radius 2 is 2.18 bits per heavy atom. The third-order valence-corrected chi connectivity index (χ3v) is 2.64. The molecule has 1 N–H and O–H groups in total. The minimum absolute atomic E-state index is 0.146. The monoisotopic (exact) mass is 258 g/mol. The lowest BCUT2D eigenvalue weighted by Gasteiger charge is -2.14. The second-order valence-corrected chi connectivity index (χ2v) is 3.95. The third-order valence-electron chi connectivity index (χ3n) is 2.40. The van der Waals surface area contributed by atoms with Gasteiger partial charge in [-0.05, 0) is 24.6 Å². The van der Waals surface area contributed by atoms with Gasteiger partial charge in [-0.25, -0.2) is 0 Å². The first-order valence-corrected chi connectivity index (χ1v) is 5.54. The first-order chi connectivity index (χ1) is 8.08. The van der Waals surface area contributed by atoms with Crippen molar-refractivity contribution in [3.63, 3.8) is 0 Å². The van der Waals surface area contributed by atoms with Gasteiger partial charge < -0.3 is 14.6 Å². The molecule has 0 bridgehead atoms. The number of ether oxygens (including phenoxy) is 2. The van der Waals surface area contributed by atoms with E-state index in [9.17, 15) is 9.90 Å². The Labute approximate surface area is 105 Å². The average molecular weight is 259 g/mol. The lowest BCUT2D eigenvalue weighted by atomic mass is 10.0. The molecule has 0 saturated heterocycles. The van der Waals surface area contributed by atoms with Crippen LogP contribution < -0.4 is 4.74 Å². The molecule has 0 spiro atoms. The van der Waals surface area contributed by atoms with Crippen LogP contribution in [0, 0.1) is 0 Å². The van der Waals surface area contributed by atoms with Crippen molar-refractivity contribution in [1.82, 2.24) is 0 Å². The Bertz CT molecular complexity index is 392. The zero-order valence-electron chi connectivity index (χ0n) is 9.77. The van der Waals surface area contributed by atoms with E-state index in [1.807, 2.05) is 0 Å². The molecule has 0 fully saturated rings. The Kier molecular flexibility index (Phi) is 5.25. The van der Waals surface area contributed by atoms with Crippen molar-refractivity contribution in [3.05, 3.63) is 28.8 Å². The van der Waals surface area contributed by atoms with Gasteiger partial charge in [0.15, 0.2) is 0 Å². The van der Waals surface area contributed by atoms with E-state index in [1.54, 1.807) is 18.2 Å². The summed E-state index contributed by atoms with van der Waals surface area (Å²) in [4.78, 5) is 11.0. The molecule has 0 saturated carbocycles. The number of carbonyl (C=O) groups is 1. The summed E-state index contributed by atoms with van der Waals surface area (Å²) in [5.74, 6) is 0.191. The molecule has 4 nitrogen and oxygen atoms in total. The second-order valence-electron chi connectivity index (χ2n) is 3.52. The normalized spacial score (nSPS) is 12.0. The standard InChI is InChI=1S/C12H15ClO4/c1-16-11-5-3-8(13)7-9(11)10(14)4-6-12(15)17-2/h3,5,7,10,14H,4,6H2,1-2H3. The maximum Gasteiger partial charge on any atom is 0.305 e. The lowest BCUT2D eigenvalue weighted by Crippen LogP contribution is -2.06. The molecule has 0 radical (unpaired) electrons. The van der Waals surface area contributed by atoms with Gasteiger partial charge in [0.2, 0.25) is 0 Å². The van der Waals surface area contributed by atoms with E-state index in [2.05, 4.69) is 4.74 Å². The van der Waals surface area contributed by atoms with Gasteiger partial charge in [0.25, 0.3) is 0 Å². The van der Waals surface area contributed by atoms with Crippen molar-refractivity contribution >= 4 is 17.6 Å². The molecular formula is C12H15ClO4. The minimum atomic E-state index is -0.803. The summed E-state index contributed by atoms with van der Waals surface area (Å²) in [5.41, 5.74) is 0.573. The van der Waals surface area contributed by atoms with E-state index in [0.717, 1.165) is 0 Å². The molecule has 0 amide bonds. The topological polar surface area (TPSA) is 55.8 Å². The van der Waals surface area contributed by atoms with Crippen molar-refractivity contribution < 1.29 is 19.4 Å². The van der Waals surface area contributed by atoms with E-state index >= 15 is 0 Å². The van der Waals surface area contributed by atoms with Crippen molar-refractivity contribution in [3.8, 4) is 5.75 Å². The van der Waals surface area contributed by atoms with Gasteiger partial charge in [0.1, 0.15) is 5.75 Å². The van der Waals surface area contributed by atoms with E-state index < -0.39 is 6.10 Å². The van der Waals surface area contributed by atoms with Gasteiger partial charge in [-0.1, -0.05) is 11.6 Å². The van der Waals surface area contributed by atoms with Gasteiger partial charge in [-0.3, -0.25) is 4.79 Å². The zero-order valence-corrected chi connectivity index (χ0v) is 10.5. The summed E-state index contributed by atoms with van der Waals surface area (Å²) in [6.07, 6.45) is -0.390. The highest BCUT2D eigenvalue weighted by molar-refractivity contribution is 6.30. The van der Waals surface area contributed by atoms with Crippen LogP contribution in [0.3, 0.4) is 0 Å². The van der Waals surface area contributed by atoms with Crippen molar-refractivity contribution in [2.24, 2.45) is 0 Å². The van der Waals surface area contributed by atoms with E-state index in [-0.39, 0.29) is 18.8 Å². The highest BCUT2D eigenvalue weighted by atomic mass is 35.5. The number of hydrogen-bond acceptors (Lipinski definition) is 4. The molecule has 1 rings (SSSR count). The number of aliphatic hydroxyl groups is 1. The number of aliphatic hydroxyl groups excluding tert-OH is 1. The quantitative estimate of drug-likeness (QED) is 0.824. The summed E-state index contributed by atoms with van der Waals surface area (Å²) >= 11 is 5.85. The fourth-order valence-electron chi connectivity index (χ4n) is 1.48. The van der Waals surface area contributed by atoms with Crippen LogP contribution in [-0.2, 0) is 9.53 Å². The zero-order chi connectivity index (χ0) is 12.8. The molecule has 5 heteroatoms. The van der Waals surface area contributed by atoms with Crippen LogP contribution in [0.25, 0.3) is 0 Å². The van der Waals surface area contributed by atoms with Gasteiger partial charge in [-0.15, -0.1) is 0 Å². The predicted molar refractivity (Wildman–Crippen MR) is 64.2 cm³/mol. The number of rotatable bonds is 5. The largest absolute Gasteiger partial charge is 0.496 e. The molecule has 1 aromatic carbocycles. The van der Waals surface area contributed by atoms with Crippen molar-refractivity contribution in [1.29, 1.82) is 0 Å². The first kappa shape index (κ1) is 13.8. The average Bonchev–Trinajstić information content (AvgIpc) is 2.35. The number of methoxy groups -OCH3 is 2. The van der Waals surface area contributed by atoms with Crippen molar-refractivity contribution in [2.75, 3.05) is 14.2 Å². The Morgan fingerprint density at radius 3 is 2.76 bits per heavy atom. The summed E-state index contributed by atoms with van der Waals surface area (Å²) in [5, 5.41) is 10.5. The van der Waals surface area contributed by atoms with Crippen LogP contribution in [0.4, 0.5) is 0 Å². The molecule has 0 aliphatic rings. The second kappa shape index (κ2) is 6.47. The van der Waals surface area contributed by atoms with Crippen LogP contribution in [-0.4, -0.2) is 25.3 Å². The van der Waals surface area contributed by atoms with Crippen LogP contribution in [0.15, 0.2) is 18.2 Å². The number of halogens is 1. The van der Waals surface area contributed by atoms with Crippen molar-refractivity contribution in [2.45, 2.75) is 18.9 Å². The smallest absolute Gasteiger partial charge is 0.305 e. The van der Waals surface area contributed by atoms with Crippen LogP contribution >= 0.6 is 11.6 Å². The van der Waals surface area contributed by atoms with Gasteiger partial charge in [0, 0.05) is 17.0 Å². The third kappa shape index (κ3) is 3.91. The molecule has 1 atom stereocenters. The van der Waals surface area contributed by atoms with E-state index in [1.165, 1.54) is 14.2 Å². The SMILES string of the molecule is COC(=O)CCC(O)c1cc(Cl)ccc1OC. The molecule has 17 heavy (non-hydrogen) atoms. The summed E-state index contributed by atoms with van der Waals surface area (Å²) in [7, 11) is 2.83. The molecule has 0 heterocycles. The molecule has 1 unspecified atom stereocenters. The fraction of sp³-hybridized carbons (Fsp3) is 0.417. The van der Waals surface area contributed by atoms with Gasteiger partial charge in [-0.2, -0.15) is 0 Å². The highest BCUT2D eigenvalue weighted by Crippen LogP contribution is 2.30. The lowest BCUT2D eigenvalue weighted by molar-refractivity contribution is -0.141. The summed E-state index contributed by atoms with van der Waals surface area (Å²) in [6.45, 7) is 0. The van der Waals surface area contributed by atoms with Crippen LogP contribution in [0.1, 0.15) is 24.5 Å². The van der Waals surface area contributed by atoms with Crippen LogP contribution in [0.5, 0.6) is 5.75 Å². The number of hydrogen-bond donors (Lipinski definition) is 1. The predicted octanol–water partition coefficient (Wildman–Crippen LogP) is 2.34. The first-order valence-electron chi connectivity index (χ1n) is 5.16. The minimum Gasteiger partial charge on any atom is -0.496 e. The highest BCUT2D eigenvalue weighted by Gasteiger charge is 2.15. The number of esters is 1. The van der Waals surface area contributed by atoms with Gasteiger partial charge in [0.05, 0.1) is 20.3 Å². The molecule has 0 aliphatic heterocycles. The Balaban J connectivity index is 2.76. The number of benzene rings is 1. The summed E-state index contributed by atoms with van der Waals surface area (Å²) < 4.78 is 9.63. The van der Waals surface area contributed by atoms with E-state index in [0.29, 0.717) is 16.3 Å². The van der Waals surface area contributed by atoms with Crippen LogP contribution in [0.2, 0.25) is 5.02 Å². The van der Waals surface area contributed by atoms with E-state index in [4.69, 9.17) is 16.3 Å². The number of carbonyl (C=O) groups excluding carboxylic acids is 1. The molecule has 0 aliphatic carbocycles. The molecule has 1 aromatic rings. The Hall–Kier alpha value is -1.26. The molecular weight excluding hydrogens is 244 g/mol. The van der Waals surface area contributed by atoms with Gasteiger partial charge >= 0.3 is 5.97 Å². The fourth-order valence-corrected chi connectivity index (χ4v) is 1.66. The summed E-state index contributed by atoms with van der Waals surface area (Å²) in [6, 6.07) is 4.98.